The lowest BCUT2D eigenvalue weighted by atomic mass is 10.4. The minimum absolute atomic E-state index is 0.0778. The number of nitrogens with one attached hydrogen (secondary N) is 2. The van der Waals surface area contributed by atoms with Gasteiger partial charge in [-0.15, -0.1) is 11.3 Å². The van der Waals surface area contributed by atoms with Crippen LogP contribution in [0.4, 0.5) is 5.13 Å². The first-order chi connectivity index (χ1) is 9.13. The van der Waals surface area contributed by atoms with Crippen LogP contribution in [0.15, 0.2) is 17.8 Å². The summed E-state index contributed by atoms with van der Waals surface area (Å²) in [7, 11) is 0. The molecule has 2 heterocycles. The maximum absolute atomic E-state index is 11.6. The molecule has 2 aromatic heterocycles. The van der Waals surface area contributed by atoms with E-state index in [1.165, 1.54) is 11.3 Å². The highest BCUT2D eigenvalue weighted by Gasteiger charge is 2.04. The predicted molar refractivity (Wildman–Crippen MR) is 75.3 cm³/mol. The van der Waals surface area contributed by atoms with Gasteiger partial charge in [0.05, 0.1) is 25.0 Å². The minimum Gasteiger partial charge on any atom is -0.307 e. The molecular weight excluding hydrogens is 262 g/mol. The van der Waals surface area contributed by atoms with E-state index < -0.39 is 0 Å². The van der Waals surface area contributed by atoms with Crippen molar-refractivity contribution in [3.8, 4) is 0 Å². The maximum atomic E-state index is 11.6. The number of hydrogen-bond donors (Lipinski definition) is 2. The zero-order valence-corrected chi connectivity index (χ0v) is 11.8. The molecule has 7 heteroatoms. The maximum Gasteiger partial charge on any atom is 0.240 e. The highest BCUT2D eigenvalue weighted by atomic mass is 32.1. The molecule has 0 aromatic carbocycles. The summed E-state index contributed by atoms with van der Waals surface area (Å²) in [4.78, 5) is 15.8. The van der Waals surface area contributed by atoms with E-state index in [1.807, 2.05) is 36.3 Å². The molecule has 0 radical (unpaired) electrons. The Kier molecular flexibility index (Phi) is 4.64. The van der Waals surface area contributed by atoms with Gasteiger partial charge in [0.2, 0.25) is 5.91 Å². The molecule has 19 heavy (non-hydrogen) atoms. The Morgan fingerprint density at radius 2 is 2.32 bits per heavy atom. The van der Waals surface area contributed by atoms with Crippen LogP contribution in [0.1, 0.15) is 11.3 Å². The van der Waals surface area contributed by atoms with E-state index in [1.54, 1.807) is 0 Å². The smallest absolute Gasteiger partial charge is 0.240 e. The number of amides is 1. The van der Waals surface area contributed by atoms with E-state index in [4.69, 9.17) is 0 Å². The number of carbonyl (C=O) groups excluding carboxylic acids is 1. The van der Waals surface area contributed by atoms with Crippen molar-refractivity contribution in [2.24, 2.45) is 0 Å². The van der Waals surface area contributed by atoms with Crippen molar-refractivity contribution in [3.63, 3.8) is 0 Å². The van der Waals surface area contributed by atoms with E-state index in [2.05, 4.69) is 20.7 Å². The average Bonchev–Trinajstić information content (AvgIpc) is 2.94. The van der Waals surface area contributed by atoms with E-state index in [-0.39, 0.29) is 12.5 Å². The quantitative estimate of drug-likeness (QED) is 0.779. The fourth-order valence-corrected chi connectivity index (χ4v) is 2.26. The zero-order valence-electron chi connectivity index (χ0n) is 11.0. The lowest BCUT2D eigenvalue weighted by molar-refractivity contribution is -0.115. The largest absolute Gasteiger partial charge is 0.307 e. The van der Waals surface area contributed by atoms with Gasteiger partial charge in [-0.2, -0.15) is 5.10 Å². The monoisotopic (exact) mass is 279 g/mol. The number of thiazole rings is 1. The van der Waals surface area contributed by atoms with Gasteiger partial charge in [-0.3, -0.25) is 9.48 Å². The third-order valence-corrected chi connectivity index (χ3v) is 3.31. The number of rotatable bonds is 6. The van der Waals surface area contributed by atoms with Crippen LogP contribution in [-0.2, 0) is 11.3 Å². The topological polar surface area (TPSA) is 71.8 Å². The summed E-state index contributed by atoms with van der Waals surface area (Å²) in [6.45, 7) is 5.62. The second-order valence-corrected chi connectivity index (χ2v) is 5.16. The Balaban J connectivity index is 1.64. The Morgan fingerprint density at radius 1 is 1.47 bits per heavy atom. The number of aryl methyl sites for hydroxylation is 2. The van der Waals surface area contributed by atoms with Crippen molar-refractivity contribution in [1.82, 2.24) is 20.1 Å². The molecule has 2 aromatic rings. The van der Waals surface area contributed by atoms with Crippen LogP contribution in [0, 0.1) is 13.8 Å². The van der Waals surface area contributed by atoms with Crippen LogP contribution >= 0.6 is 11.3 Å². The van der Waals surface area contributed by atoms with Gasteiger partial charge in [-0.1, -0.05) is 0 Å². The fraction of sp³-hybridized carbons (Fsp3) is 0.417. The molecular formula is C12H17N5OS. The summed E-state index contributed by atoms with van der Waals surface area (Å²) in [5, 5.41) is 12.5. The first-order valence-electron chi connectivity index (χ1n) is 6.05. The van der Waals surface area contributed by atoms with Gasteiger partial charge in [0, 0.05) is 18.1 Å². The molecule has 2 N–H and O–H groups in total. The Bertz CT molecular complexity index is 548. The third kappa shape index (κ3) is 4.46. The fourth-order valence-electron chi connectivity index (χ4n) is 1.56. The molecule has 2 rings (SSSR count). The molecule has 0 aliphatic rings. The Morgan fingerprint density at radius 3 is 2.95 bits per heavy atom. The summed E-state index contributed by atoms with van der Waals surface area (Å²) < 4.78 is 1.85. The van der Waals surface area contributed by atoms with Gasteiger partial charge in [0.25, 0.3) is 0 Å². The molecule has 0 fully saturated rings. The van der Waals surface area contributed by atoms with Gasteiger partial charge >= 0.3 is 0 Å². The number of anilines is 1. The van der Waals surface area contributed by atoms with Crippen molar-refractivity contribution in [2.75, 3.05) is 18.4 Å². The zero-order chi connectivity index (χ0) is 13.7. The van der Waals surface area contributed by atoms with Gasteiger partial charge in [-0.25, -0.2) is 4.98 Å². The second-order valence-electron chi connectivity index (χ2n) is 4.30. The van der Waals surface area contributed by atoms with Crippen molar-refractivity contribution >= 4 is 22.4 Å². The first-order valence-corrected chi connectivity index (χ1v) is 6.93. The second kappa shape index (κ2) is 6.44. The van der Waals surface area contributed by atoms with E-state index in [0.29, 0.717) is 11.7 Å². The van der Waals surface area contributed by atoms with Gasteiger partial charge in [0.15, 0.2) is 5.13 Å². The van der Waals surface area contributed by atoms with Crippen molar-refractivity contribution in [2.45, 2.75) is 20.4 Å². The van der Waals surface area contributed by atoms with Crippen LogP contribution in [0.25, 0.3) is 0 Å². The van der Waals surface area contributed by atoms with Crippen molar-refractivity contribution in [3.05, 3.63) is 29.0 Å². The van der Waals surface area contributed by atoms with Gasteiger partial charge in [0.1, 0.15) is 0 Å². The third-order valence-electron chi connectivity index (χ3n) is 2.43. The Hall–Kier alpha value is -1.73. The van der Waals surface area contributed by atoms with Gasteiger partial charge < -0.3 is 10.6 Å². The average molecular weight is 279 g/mol. The number of carbonyl (C=O) groups is 1. The highest BCUT2D eigenvalue weighted by Crippen LogP contribution is 2.13. The molecule has 0 saturated heterocycles. The molecule has 0 aliphatic carbocycles. The number of aromatic nitrogens is 3. The number of hydrogen-bond acceptors (Lipinski definition) is 5. The van der Waals surface area contributed by atoms with Gasteiger partial charge in [-0.05, 0) is 19.4 Å². The lowest BCUT2D eigenvalue weighted by Gasteiger charge is -2.04. The molecule has 6 nitrogen and oxygen atoms in total. The normalized spacial score (nSPS) is 10.6. The van der Waals surface area contributed by atoms with E-state index >= 15 is 0 Å². The predicted octanol–water partition coefficient (Wildman–Crippen LogP) is 1.18. The molecule has 0 saturated carbocycles. The van der Waals surface area contributed by atoms with Crippen LogP contribution in [-0.4, -0.2) is 33.8 Å². The first kappa shape index (κ1) is 13.7. The summed E-state index contributed by atoms with van der Waals surface area (Å²) in [6.07, 6.45) is 3.79. The van der Waals surface area contributed by atoms with Crippen LogP contribution in [0.5, 0.6) is 0 Å². The lowest BCUT2D eigenvalue weighted by Crippen LogP contribution is -2.30. The highest BCUT2D eigenvalue weighted by molar-refractivity contribution is 7.13. The standard InChI is InChI=1S/C12H17N5OS/c1-9-5-14-17(7-9)4-3-13-6-11(18)16-12-15-10(2)8-19-12/h5,7-8,13H,3-4,6H2,1-2H3,(H,15,16,18). The summed E-state index contributed by atoms with van der Waals surface area (Å²) >= 11 is 1.43. The van der Waals surface area contributed by atoms with Crippen LogP contribution in [0.2, 0.25) is 0 Å². The molecule has 0 bridgehead atoms. The number of nitrogens with zero attached hydrogens (tertiary/aromatic N) is 3. The van der Waals surface area contributed by atoms with E-state index in [9.17, 15) is 4.79 Å². The summed E-state index contributed by atoms with van der Waals surface area (Å²) in [6, 6.07) is 0. The SMILES string of the molecule is Cc1cnn(CCNCC(=O)Nc2nc(C)cs2)c1. The molecule has 0 unspecified atom stereocenters. The summed E-state index contributed by atoms with van der Waals surface area (Å²) in [5.41, 5.74) is 2.05. The van der Waals surface area contributed by atoms with E-state index in [0.717, 1.165) is 17.8 Å². The summed E-state index contributed by atoms with van der Waals surface area (Å²) in [5.74, 6) is -0.0778. The Labute approximate surface area is 115 Å². The van der Waals surface area contributed by atoms with Crippen LogP contribution < -0.4 is 10.6 Å². The molecule has 0 atom stereocenters. The van der Waals surface area contributed by atoms with Crippen LogP contribution in [0.3, 0.4) is 0 Å². The van der Waals surface area contributed by atoms with Crippen molar-refractivity contribution < 1.29 is 4.79 Å². The molecule has 0 aliphatic heterocycles. The minimum atomic E-state index is -0.0778. The molecule has 102 valence electrons. The molecule has 1 amide bonds. The molecule has 0 spiro atoms. The van der Waals surface area contributed by atoms with Crippen molar-refractivity contribution in [1.29, 1.82) is 0 Å².